The van der Waals surface area contributed by atoms with Gasteiger partial charge in [-0.3, -0.25) is 4.79 Å². The largest absolute Gasteiger partial charge is 0.395 e. The highest BCUT2D eigenvalue weighted by Gasteiger charge is 2.07. The van der Waals surface area contributed by atoms with Gasteiger partial charge in [0.1, 0.15) is 0 Å². The van der Waals surface area contributed by atoms with Gasteiger partial charge in [0.05, 0.1) is 23.3 Å². The molecule has 116 valence electrons. The molecule has 0 unspecified atom stereocenters. The molecule has 0 atom stereocenters. The summed E-state index contributed by atoms with van der Waals surface area (Å²) in [6.07, 6.45) is 2.02. The first-order valence-electron chi connectivity index (χ1n) is 6.33. The number of hydrogen-bond donors (Lipinski definition) is 3. The molecule has 0 radical (unpaired) electrons. The van der Waals surface area contributed by atoms with Crippen LogP contribution in [0.25, 0.3) is 0 Å². The maximum Gasteiger partial charge on any atom is 0.252 e. The monoisotopic (exact) mass is 330 g/mol. The molecule has 1 amide bonds. The van der Waals surface area contributed by atoms with E-state index in [2.05, 4.69) is 21.9 Å². The van der Waals surface area contributed by atoms with Crippen LogP contribution >= 0.6 is 11.3 Å². The molecular weight excluding hydrogens is 312 g/mol. The lowest BCUT2D eigenvalue weighted by molar-refractivity contribution is 0.0954. The number of thiophene rings is 1. The average molecular weight is 330 g/mol. The van der Waals surface area contributed by atoms with E-state index in [0.717, 1.165) is 11.1 Å². The zero-order chi connectivity index (χ0) is 15.7. The summed E-state index contributed by atoms with van der Waals surface area (Å²) in [6.45, 7) is 0.705. The van der Waals surface area contributed by atoms with Gasteiger partial charge in [-0.15, -0.1) is 11.3 Å². The van der Waals surface area contributed by atoms with E-state index in [9.17, 15) is 13.2 Å². The number of rotatable bonds is 7. The first kappa shape index (κ1) is 17.7. The fourth-order valence-electron chi connectivity index (χ4n) is 1.38. The molecular formula is C13H18N2O4S2. The number of carbonyl (C=O) groups is 1. The molecule has 1 heterocycles. The highest BCUT2D eigenvalue weighted by molar-refractivity contribution is 7.88. The maximum absolute atomic E-state index is 11.8. The van der Waals surface area contributed by atoms with Crippen LogP contribution < -0.4 is 10.0 Å². The van der Waals surface area contributed by atoms with E-state index in [1.54, 1.807) is 11.4 Å². The van der Waals surface area contributed by atoms with Gasteiger partial charge in [-0.1, -0.05) is 11.8 Å². The van der Waals surface area contributed by atoms with Crippen molar-refractivity contribution in [3.05, 3.63) is 21.9 Å². The van der Waals surface area contributed by atoms with Gasteiger partial charge in [0.2, 0.25) is 10.0 Å². The molecule has 1 aromatic heterocycles. The summed E-state index contributed by atoms with van der Waals surface area (Å²) in [5.41, 5.74) is 0.532. The molecule has 0 aliphatic carbocycles. The van der Waals surface area contributed by atoms with Crippen LogP contribution in [-0.4, -0.2) is 45.4 Å². The zero-order valence-electron chi connectivity index (χ0n) is 11.7. The smallest absolute Gasteiger partial charge is 0.252 e. The van der Waals surface area contributed by atoms with E-state index in [1.165, 1.54) is 11.3 Å². The third-order valence-corrected chi connectivity index (χ3v) is 3.89. The van der Waals surface area contributed by atoms with E-state index >= 15 is 0 Å². The summed E-state index contributed by atoms with van der Waals surface area (Å²) >= 11 is 1.37. The van der Waals surface area contributed by atoms with Gasteiger partial charge < -0.3 is 10.4 Å². The van der Waals surface area contributed by atoms with E-state index in [0.29, 0.717) is 31.5 Å². The summed E-state index contributed by atoms with van der Waals surface area (Å²) in [5.74, 6) is 5.45. The fraction of sp³-hybridized carbons (Fsp3) is 0.462. The lowest BCUT2D eigenvalue weighted by Crippen LogP contribution is -2.29. The molecule has 0 spiro atoms. The highest BCUT2D eigenvalue weighted by Crippen LogP contribution is 2.13. The van der Waals surface area contributed by atoms with Gasteiger partial charge in [0, 0.05) is 24.9 Å². The minimum atomic E-state index is -3.18. The Labute approximate surface area is 128 Å². The van der Waals surface area contributed by atoms with Gasteiger partial charge in [-0.2, -0.15) is 0 Å². The highest BCUT2D eigenvalue weighted by atomic mass is 32.2. The van der Waals surface area contributed by atoms with Crippen molar-refractivity contribution >= 4 is 27.3 Å². The van der Waals surface area contributed by atoms with Crippen molar-refractivity contribution in [1.82, 2.24) is 10.0 Å². The number of aliphatic hydroxyl groups is 1. The Kier molecular flexibility index (Phi) is 7.39. The van der Waals surface area contributed by atoms with Crippen molar-refractivity contribution in [3.8, 4) is 11.8 Å². The van der Waals surface area contributed by atoms with E-state index in [-0.39, 0.29) is 12.5 Å². The molecule has 0 bridgehead atoms. The van der Waals surface area contributed by atoms with E-state index < -0.39 is 10.0 Å². The summed E-state index contributed by atoms with van der Waals surface area (Å²) < 4.78 is 24.0. The molecule has 0 fully saturated rings. The van der Waals surface area contributed by atoms with Gasteiger partial charge in [-0.25, -0.2) is 13.1 Å². The Morgan fingerprint density at radius 1 is 1.43 bits per heavy atom. The number of carbonyl (C=O) groups excluding carboxylic acids is 1. The van der Waals surface area contributed by atoms with Gasteiger partial charge >= 0.3 is 0 Å². The number of sulfonamides is 1. The fourth-order valence-corrected chi connectivity index (χ4v) is 2.65. The van der Waals surface area contributed by atoms with Crippen molar-refractivity contribution < 1.29 is 18.3 Å². The molecule has 8 heteroatoms. The first-order chi connectivity index (χ1) is 9.92. The summed E-state index contributed by atoms with van der Waals surface area (Å²) in [7, 11) is -3.18. The molecule has 1 rings (SSSR count). The van der Waals surface area contributed by atoms with Crippen LogP contribution in [0.2, 0.25) is 0 Å². The first-order valence-corrected chi connectivity index (χ1v) is 9.10. The van der Waals surface area contributed by atoms with Crippen LogP contribution in [0.3, 0.4) is 0 Å². The van der Waals surface area contributed by atoms with Crippen molar-refractivity contribution in [2.24, 2.45) is 0 Å². The molecule has 0 aliphatic heterocycles. The standard InChI is InChI=1S/C13H18N2O4S2/c1-21(18,19)15-7-4-6-14-13(17)11-9-12(20-10-11)5-2-3-8-16/h9-10,15-16H,3-4,6-8H2,1H3,(H,14,17). The predicted molar refractivity (Wildman–Crippen MR) is 82.7 cm³/mol. The van der Waals surface area contributed by atoms with Crippen molar-refractivity contribution in [2.75, 3.05) is 26.0 Å². The Bertz CT molecular complexity index is 626. The second-order valence-electron chi connectivity index (χ2n) is 4.25. The molecule has 0 aromatic carbocycles. The quantitative estimate of drug-likeness (QED) is 0.490. The van der Waals surface area contributed by atoms with Crippen molar-refractivity contribution in [2.45, 2.75) is 12.8 Å². The summed E-state index contributed by atoms with van der Waals surface area (Å²) in [4.78, 5) is 12.6. The van der Waals surface area contributed by atoms with Crippen molar-refractivity contribution in [1.29, 1.82) is 0 Å². The number of aliphatic hydroxyl groups excluding tert-OH is 1. The van der Waals surface area contributed by atoms with Crippen LogP contribution in [0, 0.1) is 11.8 Å². The van der Waals surface area contributed by atoms with Gasteiger partial charge in [0.15, 0.2) is 0 Å². The van der Waals surface area contributed by atoms with Crippen LogP contribution in [0.1, 0.15) is 28.1 Å². The Morgan fingerprint density at radius 3 is 2.86 bits per heavy atom. The molecule has 3 N–H and O–H groups in total. The third kappa shape index (κ3) is 7.82. The maximum atomic E-state index is 11.8. The Hall–Kier alpha value is -1.40. The van der Waals surface area contributed by atoms with Crippen LogP contribution in [0.15, 0.2) is 11.4 Å². The minimum absolute atomic E-state index is 0.0211. The van der Waals surface area contributed by atoms with Gasteiger partial charge in [-0.05, 0) is 12.5 Å². The van der Waals surface area contributed by atoms with Gasteiger partial charge in [0.25, 0.3) is 5.91 Å². The topological polar surface area (TPSA) is 95.5 Å². The normalized spacial score (nSPS) is 10.8. The predicted octanol–water partition coefficient (Wildman–Crippen LogP) is 0.151. The Morgan fingerprint density at radius 2 is 2.19 bits per heavy atom. The lowest BCUT2D eigenvalue weighted by Gasteiger charge is -2.04. The van der Waals surface area contributed by atoms with E-state index in [4.69, 9.17) is 5.11 Å². The molecule has 6 nitrogen and oxygen atoms in total. The average Bonchev–Trinajstić information content (AvgIpc) is 2.86. The molecule has 21 heavy (non-hydrogen) atoms. The van der Waals surface area contributed by atoms with Crippen LogP contribution in [0.5, 0.6) is 0 Å². The second-order valence-corrected chi connectivity index (χ2v) is 7.00. The SMILES string of the molecule is CS(=O)(=O)NCCCNC(=O)c1csc(C#CCCO)c1. The molecule has 0 saturated heterocycles. The third-order valence-electron chi connectivity index (χ3n) is 2.31. The Balaban J connectivity index is 2.34. The van der Waals surface area contributed by atoms with E-state index in [1.807, 2.05) is 0 Å². The summed E-state index contributed by atoms with van der Waals surface area (Å²) in [6, 6.07) is 1.69. The second kappa shape index (κ2) is 8.79. The summed E-state index contributed by atoms with van der Waals surface area (Å²) in [5, 5.41) is 13.0. The van der Waals surface area contributed by atoms with Crippen molar-refractivity contribution in [3.63, 3.8) is 0 Å². The number of nitrogens with one attached hydrogen (secondary N) is 2. The molecule has 0 aliphatic rings. The number of hydrogen-bond acceptors (Lipinski definition) is 5. The lowest BCUT2D eigenvalue weighted by atomic mass is 10.3. The van der Waals surface area contributed by atoms with Crippen LogP contribution in [-0.2, 0) is 10.0 Å². The number of amides is 1. The zero-order valence-corrected chi connectivity index (χ0v) is 13.3. The molecule has 0 saturated carbocycles. The minimum Gasteiger partial charge on any atom is -0.395 e. The van der Waals surface area contributed by atoms with Crippen LogP contribution in [0.4, 0.5) is 0 Å². The molecule has 1 aromatic rings.